The average molecular weight is 455 g/mol. The Kier molecular flexibility index (Phi) is 9.67. The van der Waals surface area contributed by atoms with E-state index in [9.17, 15) is 22.0 Å². The summed E-state index contributed by atoms with van der Waals surface area (Å²) in [4.78, 5) is 0. The molecule has 4 fully saturated rings. The maximum Gasteiger partial charge on any atom is 0.391 e. The Morgan fingerprint density at radius 1 is 0.871 bits per heavy atom. The third-order valence-corrected chi connectivity index (χ3v) is 9.35. The average Bonchev–Trinajstić information content (AvgIpc) is 3.10. The molecule has 1 nitrogen and oxygen atoms in total. The third-order valence-electron chi connectivity index (χ3n) is 9.35. The molecule has 0 aromatic carbocycles. The van der Waals surface area contributed by atoms with Gasteiger partial charge in [-0.3, -0.25) is 0 Å². The fraction of sp³-hybridized carbons (Fsp3) is 1.00. The first-order valence-electron chi connectivity index (χ1n) is 12.5. The Morgan fingerprint density at radius 3 is 2.13 bits per heavy atom. The van der Waals surface area contributed by atoms with E-state index in [0.717, 1.165) is 52.1 Å². The molecule has 0 spiro atoms. The van der Waals surface area contributed by atoms with Gasteiger partial charge in [-0.2, -0.15) is 13.2 Å². The van der Waals surface area contributed by atoms with Crippen molar-refractivity contribution in [3.05, 3.63) is 0 Å². The van der Waals surface area contributed by atoms with Crippen LogP contribution >= 0.6 is 0 Å². The summed E-state index contributed by atoms with van der Waals surface area (Å²) in [6, 6.07) is 0. The lowest BCUT2D eigenvalue weighted by Crippen LogP contribution is -2.49. The maximum atomic E-state index is 13.2. The van der Waals surface area contributed by atoms with E-state index in [2.05, 4.69) is 6.92 Å². The molecule has 0 amide bonds. The molecule has 8 atom stereocenters. The van der Waals surface area contributed by atoms with E-state index in [1.807, 2.05) is 13.8 Å². The minimum absolute atomic E-state index is 0.0185. The van der Waals surface area contributed by atoms with Crippen LogP contribution in [0.4, 0.5) is 22.0 Å². The van der Waals surface area contributed by atoms with Crippen LogP contribution in [0, 0.1) is 46.8 Å². The Morgan fingerprint density at radius 2 is 1.52 bits per heavy atom. The van der Waals surface area contributed by atoms with E-state index in [-0.39, 0.29) is 17.8 Å². The minimum Gasteiger partial charge on any atom is -0.400 e. The Labute approximate surface area is 185 Å². The number of rotatable bonds is 3. The molecule has 4 rings (SSSR count). The largest absolute Gasteiger partial charge is 0.400 e. The monoisotopic (exact) mass is 454 g/mol. The smallest absolute Gasteiger partial charge is 0.391 e. The van der Waals surface area contributed by atoms with Gasteiger partial charge in [0.15, 0.2) is 0 Å². The summed E-state index contributed by atoms with van der Waals surface area (Å²) in [6.45, 7) is 6.34. The quantitative estimate of drug-likeness (QED) is 0.427. The van der Waals surface area contributed by atoms with E-state index in [1.165, 1.54) is 0 Å². The Hall–Kier alpha value is -0.390. The summed E-state index contributed by atoms with van der Waals surface area (Å²) in [6.07, 6.45) is 2.27. The summed E-state index contributed by atoms with van der Waals surface area (Å²) in [5.74, 6) is 1.89. The van der Waals surface area contributed by atoms with Crippen LogP contribution in [0.2, 0.25) is 0 Å². The fourth-order valence-corrected chi connectivity index (χ4v) is 8.06. The zero-order chi connectivity index (χ0) is 23.4. The van der Waals surface area contributed by atoms with Gasteiger partial charge in [0.25, 0.3) is 0 Å². The van der Waals surface area contributed by atoms with Crippen LogP contribution in [-0.4, -0.2) is 24.8 Å². The molecule has 0 aliphatic heterocycles. The van der Waals surface area contributed by atoms with Crippen LogP contribution in [0.25, 0.3) is 0 Å². The van der Waals surface area contributed by atoms with Crippen molar-refractivity contribution in [1.82, 2.24) is 0 Å². The van der Waals surface area contributed by atoms with Gasteiger partial charge in [0.1, 0.15) is 0 Å². The zero-order valence-corrected chi connectivity index (χ0v) is 19.7. The number of hydrogen-bond donors (Lipinski definition) is 1. The van der Waals surface area contributed by atoms with Crippen molar-refractivity contribution in [3.8, 4) is 0 Å². The molecule has 4 aliphatic rings. The summed E-state index contributed by atoms with van der Waals surface area (Å²) < 4.78 is 65.0. The SMILES string of the molecule is CC.CC12CCC3C4CCC(C(F)(F)F)CC4CCC3C1CCC2CCC(F)F.CO. The molecule has 6 heteroatoms. The minimum atomic E-state index is -4.03. The summed E-state index contributed by atoms with van der Waals surface area (Å²) in [7, 11) is 1.00. The van der Waals surface area contributed by atoms with Gasteiger partial charge in [-0.25, -0.2) is 8.78 Å². The summed E-state index contributed by atoms with van der Waals surface area (Å²) >= 11 is 0. The number of aliphatic hydroxyl groups is 1. The van der Waals surface area contributed by atoms with Crippen molar-refractivity contribution in [2.24, 2.45) is 46.8 Å². The molecule has 184 valence electrons. The second kappa shape index (κ2) is 11.2. The number of hydrogen-bond acceptors (Lipinski definition) is 1. The standard InChI is InChI=1S/C22H33F5.C2H6.CH4O/c1-21-11-10-17-16-7-3-15(22(25,26)27)12-13(16)2-6-18(17)19(21)8-4-14(21)5-9-20(23)24;2*1-2/h13-20H,2-12H2,1H3;1-2H3;2H,1H3. The van der Waals surface area contributed by atoms with Gasteiger partial charge in [0.2, 0.25) is 6.43 Å². The first-order valence-corrected chi connectivity index (χ1v) is 12.5. The molecule has 0 saturated heterocycles. The second-order valence-corrected chi connectivity index (χ2v) is 10.3. The van der Waals surface area contributed by atoms with Gasteiger partial charge in [-0.15, -0.1) is 0 Å². The Balaban J connectivity index is 0.000000807. The van der Waals surface area contributed by atoms with E-state index in [4.69, 9.17) is 5.11 Å². The zero-order valence-electron chi connectivity index (χ0n) is 19.7. The topological polar surface area (TPSA) is 20.2 Å². The second-order valence-electron chi connectivity index (χ2n) is 10.3. The molecule has 0 heterocycles. The normalized spacial score (nSPS) is 41.7. The third kappa shape index (κ3) is 5.58. The highest BCUT2D eigenvalue weighted by Crippen LogP contribution is 2.65. The van der Waals surface area contributed by atoms with Gasteiger partial charge in [-0.05, 0) is 105 Å². The van der Waals surface area contributed by atoms with Crippen molar-refractivity contribution in [2.75, 3.05) is 7.11 Å². The number of fused-ring (bicyclic) bond motifs is 5. The van der Waals surface area contributed by atoms with Gasteiger partial charge < -0.3 is 5.11 Å². The van der Waals surface area contributed by atoms with Crippen molar-refractivity contribution in [1.29, 1.82) is 0 Å². The molecule has 8 unspecified atom stereocenters. The number of alkyl halides is 5. The fourth-order valence-electron chi connectivity index (χ4n) is 8.06. The lowest BCUT2D eigenvalue weighted by Gasteiger charge is -2.56. The predicted octanol–water partition coefficient (Wildman–Crippen LogP) is 8.11. The molecule has 0 radical (unpaired) electrons. The van der Waals surface area contributed by atoms with Crippen LogP contribution < -0.4 is 0 Å². The lowest BCUT2D eigenvalue weighted by atomic mass is 9.49. The van der Waals surface area contributed by atoms with Gasteiger partial charge in [-0.1, -0.05) is 20.8 Å². The van der Waals surface area contributed by atoms with E-state index >= 15 is 0 Å². The highest BCUT2D eigenvalue weighted by molar-refractivity contribution is 5.06. The lowest BCUT2D eigenvalue weighted by molar-refractivity contribution is -0.196. The van der Waals surface area contributed by atoms with Crippen molar-refractivity contribution < 1.29 is 27.1 Å². The van der Waals surface area contributed by atoms with Gasteiger partial charge >= 0.3 is 6.18 Å². The molecule has 0 aromatic rings. The first kappa shape index (κ1) is 26.9. The molecule has 4 saturated carbocycles. The van der Waals surface area contributed by atoms with E-state index in [0.29, 0.717) is 48.9 Å². The molecular formula is C25H43F5O. The predicted molar refractivity (Wildman–Crippen MR) is 115 cm³/mol. The van der Waals surface area contributed by atoms with Crippen LogP contribution in [0.3, 0.4) is 0 Å². The highest BCUT2D eigenvalue weighted by Gasteiger charge is 2.57. The molecule has 0 bridgehead atoms. The molecule has 1 N–H and O–H groups in total. The van der Waals surface area contributed by atoms with Crippen molar-refractivity contribution in [3.63, 3.8) is 0 Å². The Bertz CT molecular complexity index is 536. The molecule has 0 aromatic heterocycles. The molecular weight excluding hydrogens is 411 g/mol. The van der Waals surface area contributed by atoms with Gasteiger partial charge in [0.05, 0.1) is 5.92 Å². The highest BCUT2D eigenvalue weighted by atomic mass is 19.4. The van der Waals surface area contributed by atoms with Crippen LogP contribution in [0.1, 0.15) is 91.4 Å². The van der Waals surface area contributed by atoms with E-state index < -0.39 is 18.5 Å². The van der Waals surface area contributed by atoms with Crippen LogP contribution in [-0.2, 0) is 0 Å². The summed E-state index contributed by atoms with van der Waals surface area (Å²) in [5.41, 5.74) is 0.187. The van der Waals surface area contributed by atoms with Crippen LogP contribution in [0.5, 0.6) is 0 Å². The van der Waals surface area contributed by atoms with E-state index in [1.54, 1.807) is 0 Å². The van der Waals surface area contributed by atoms with Crippen molar-refractivity contribution >= 4 is 0 Å². The van der Waals surface area contributed by atoms with Crippen LogP contribution in [0.15, 0.2) is 0 Å². The number of halogens is 5. The molecule has 4 aliphatic carbocycles. The summed E-state index contributed by atoms with van der Waals surface area (Å²) in [5, 5.41) is 7.00. The van der Waals surface area contributed by atoms with Gasteiger partial charge in [0, 0.05) is 13.5 Å². The maximum absolute atomic E-state index is 13.2. The molecule has 31 heavy (non-hydrogen) atoms. The number of aliphatic hydroxyl groups excluding tert-OH is 1. The first-order chi connectivity index (χ1) is 14.7. The van der Waals surface area contributed by atoms with Crippen molar-refractivity contribution in [2.45, 2.75) is 104 Å².